The van der Waals surface area contributed by atoms with Crippen molar-refractivity contribution < 1.29 is 4.79 Å². The zero-order valence-electron chi connectivity index (χ0n) is 13.0. The van der Waals surface area contributed by atoms with Crippen LogP contribution in [0.1, 0.15) is 68.4 Å². The molecule has 1 saturated carbocycles. The van der Waals surface area contributed by atoms with Gasteiger partial charge in [-0.1, -0.05) is 51.1 Å². The number of amides is 1. The molecule has 1 N–H and O–H groups in total. The molecule has 0 spiro atoms. The summed E-state index contributed by atoms with van der Waals surface area (Å²) in [5, 5.41) is 3.61. The van der Waals surface area contributed by atoms with E-state index in [1.807, 2.05) is 6.07 Å². The number of nitrogens with zero attached hydrogens (tertiary/aromatic N) is 1. The van der Waals surface area contributed by atoms with Crippen molar-refractivity contribution in [3.8, 4) is 0 Å². The lowest BCUT2D eigenvalue weighted by molar-refractivity contribution is 0.0904. The highest BCUT2D eigenvalue weighted by Gasteiger charge is 2.25. The van der Waals surface area contributed by atoms with Crippen LogP contribution < -0.4 is 5.32 Å². The monoisotopic (exact) mass is 308 g/mol. The van der Waals surface area contributed by atoms with Crippen molar-refractivity contribution in [2.24, 2.45) is 5.92 Å². The number of pyridine rings is 1. The molecular formula is C17H25ClN2O. The van der Waals surface area contributed by atoms with E-state index in [4.69, 9.17) is 11.6 Å². The Morgan fingerprint density at radius 2 is 2.10 bits per heavy atom. The lowest BCUT2D eigenvalue weighted by Crippen LogP contribution is -2.42. The summed E-state index contributed by atoms with van der Waals surface area (Å²) in [5.74, 6) is 0.595. The van der Waals surface area contributed by atoms with Gasteiger partial charge in [0.25, 0.3) is 5.91 Å². The topological polar surface area (TPSA) is 42.0 Å². The molecule has 3 nitrogen and oxygen atoms in total. The number of carbonyl (C=O) groups excluding carboxylic acids is 1. The van der Waals surface area contributed by atoms with Crippen LogP contribution in [-0.2, 0) is 6.42 Å². The van der Waals surface area contributed by atoms with Gasteiger partial charge in [-0.25, -0.2) is 4.98 Å². The van der Waals surface area contributed by atoms with Crippen LogP contribution in [0.5, 0.6) is 0 Å². The van der Waals surface area contributed by atoms with Gasteiger partial charge in [-0.05, 0) is 37.3 Å². The lowest BCUT2D eigenvalue weighted by atomic mass is 9.83. The summed E-state index contributed by atoms with van der Waals surface area (Å²) in [7, 11) is 0. The van der Waals surface area contributed by atoms with Gasteiger partial charge in [0.1, 0.15) is 5.15 Å². The molecule has 1 amide bonds. The summed E-state index contributed by atoms with van der Waals surface area (Å²) in [4.78, 5) is 16.8. The Morgan fingerprint density at radius 1 is 1.33 bits per heavy atom. The van der Waals surface area contributed by atoms with Crippen LogP contribution in [0.25, 0.3) is 0 Å². The molecule has 0 aromatic carbocycles. The molecule has 1 heterocycles. The minimum absolute atomic E-state index is 0.0120. The number of aryl methyl sites for hydroxylation is 1. The highest BCUT2D eigenvalue weighted by atomic mass is 35.5. The van der Waals surface area contributed by atoms with Gasteiger partial charge in [-0.2, -0.15) is 0 Å². The highest BCUT2D eigenvalue weighted by Crippen LogP contribution is 2.27. The first-order valence-corrected chi connectivity index (χ1v) is 8.49. The Bertz CT molecular complexity index is 490. The Kier molecular flexibility index (Phi) is 6.04. The molecule has 1 aliphatic carbocycles. The second kappa shape index (κ2) is 7.79. The van der Waals surface area contributed by atoms with E-state index in [0.717, 1.165) is 31.4 Å². The molecule has 116 valence electrons. The molecule has 0 aliphatic heterocycles. The average molecular weight is 309 g/mol. The van der Waals surface area contributed by atoms with Crippen LogP contribution in [0.4, 0.5) is 0 Å². The van der Waals surface area contributed by atoms with Crippen molar-refractivity contribution in [3.63, 3.8) is 0 Å². The third-order valence-corrected chi connectivity index (χ3v) is 4.56. The van der Waals surface area contributed by atoms with Crippen LogP contribution >= 0.6 is 11.6 Å². The number of hydrogen-bond acceptors (Lipinski definition) is 2. The lowest BCUT2D eigenvalue weighted by Gasteiger charge is -2.31. The quantitative estimate of drug-likeness (QED) is 0.820. The van der Waals surface area contributed by atoms with E-state index < -0.39 is 0 Å². The van der Waals surface area contributed by atoms with E-state index in [1.165, 1.54) is 19.3 Å². The molecule has 21 heavy (non-hydrogen) atoms. The maximum atomic E-state index is 12.5. The van der Waals surface area contributed by atoms with Crippen molar-refractivity contribution in [3.05, 3.63) is 28.5 Å². The first-order chi connectivity index (χ1) is 10.1. The third kappa shape index (κ3) is 4.44. The van der Waals surface area contributed by atoms with Crippen molar-refractivity contribution >= 4 is 17.5 Å². The van der Waals surface area contributed by atoms with Crippen LogP contribution in [0.2, 0.25) is 5.15 Å². The van der Waals surface area contributed by atoms with Gasteiger partial charge in [-0.3, -0.25) is 4.79 Å². The summed E-state index contributed by atoms with van der Waals surface area (Å²) in [6.45, 7) is 4.30. The Labute approximate surface area is 132 Å². The van der Waals surface area contributed by atoms with E-state index in [-0.39, 0.29) is 5.91 Å². The Morgan fingerprint density at radius 3 is 2.81 bits per heavy atom. The zero-order chi connectivity index (χ0) is 15.2. The third-order valence-electron chi connectivity index (χ3n) is 4.37. The second-order valence-corrected chi connectivity index (χ2v) is 6.34. The number of halogens is 1. The standard InChI is InChI=1S/C17H25ClN2O/c1-3-7-14-10-13(11-16(18)19-14)17(21)20-15-9-6-5-8-12(15)4-2/h10-12,15H,3-9H2,1-2H3,(H,20,21). The zero-order valence-corrected chi connectivity index (χ0v) is 13.7. The van der Waals surface area contributed by atoms with Gasteiger partial charge in [0.15, 0.2) is 0 Å². The molecule has 0 bridgehead atoms. The van der Waals surface area contributed by atoms with Gasteiger partial charge in [0.2, 0.25) is 0 Å². The summed E-state index contributed by atoms with van der Waals surface area (Å²) in [6, 6.07) is 3.84. The van der Waals surface area contributed by atoms with Gasteiger partial charge in [0.05, 0.1) is 0 Å². The fourth-order valence-electron chi connectivity index (χ4n) is 3.20. The van der Waals surface area contributed by atoms with Crippen molar-refractivity contribution in [1.82, 2.24) is 10.3 Å². The molecule has 1 aromatic heterocycles. The summed E-state index contributed by atoms with van der Waals surface area (Å²) in [6.07, 6.45) is 7.77. The van der Waals surface area contributed by atoms with Crippen molar-refractivity contribution in [1.29, 1.82) is 0 Å². The number of rotatable bonds is 5. The van der Waals surface area contributed by atoms with Gasteiger partial charge in [0, 0.05) is 17.3 Å². The Hall–Kier alpha value is -1.09. The van der Waals surface area contributed by atoms with Gasteiger partial charge < -0.3 is 5.32 Å². The highest BCUT2D eigenvalue weighted by molar-refractivity contribution is 6.29. The van der Waals surface area contributed by atoms with Crippen molar-refractivity contribution in [2.75, 3.05) is 0 Å². The van der Waals surface area contributed by atoms with Crippen LogP contribution in [0.15, 0.2) is 12.1 Å². The largest absolute Gasteiger partial charge is 0.349 e. The van der Waals surface area contributed by atoms with Crippen molar-refractivity contribution in [2.45, 2.75) is 64.8 Å². The number of nitrogens with one attached hydrogen (secondary N) is 1. The predicted molar refractivity (Wildman–Crippen MR) is 86.7 cm³/mol. The Balaban J connectivity index is 2.08. The first-order valence-electron chi connectivity index (χ1n) is 8.11. The van der Waals surface area contributed by atoms with Crippen LogP contribution in [0, 0.1) is 5.92 Å². The molecule has 2 unspecified atom stereocenters. The van der Waals surface area contributed by atoms with Crippen LogP contribution in [-0.4, -0.2) is 16.9 Å². The van der Waals surface area contributed by atoms with E-state index in [9.17, 15) is 4.79 Å². The predicted octanol–water partition coefficient (Wildman–Crippen LogP) is 4.39. The molecule has 2 atom stereocenters. The smallest absolute Gasteiger partial charge is 0.251 e. The molecule has 1 fully saturated rings. The fraction of sp³-hybridized carbons (Fsp3) is 0.647. The first kappa shape index (κ1) is 16.3. The molecule has 0 radical (unpaired) electrons. The maximum Gasteiger partial charge on any atom is 0.251 e. The molecule has 0 saturated heterocycles. The van der Waals surface area contributed by atoms with Crippen LogP contribution in [0.3, 0.4) is 0 Å². The van der Waals surface area contributed by atoms with Gasteiger partial charge >= 0.3 is 0 Å². The normalized spacial score (nSPS) is 22.0. The number of carbonyl (C=O) groups is 1. The van der Waals surface area contributed by atoms with E-state index in [1.54, 1.807) is 6.07 Å². The maximum absolute atomic E-state index is 12.5. The number of aromatic nitrogens is 1. The minimum Gasteiger partial charge on any atom is -0.349 e. The molecule has 4 heteroatoms. The van der Waals surface area contributed by atoms with E-state index >= 15 is 0 Å². The number of hydrogen-bond donors (Lipinski definition) is 1. The average Bonchev–Trinajstić information content (AvgIpc) is 2.47. The molecule has 1 aliphatic rings. The molecule has 2 rings (SSSR count). The SMILES string of the molecule is CCCc1cc(C(=O)NC2CCCCC2CC)cc(Cl)n1. The summed E-state index contributed by atoms with van der Waals surface area (Å²) >= 11 is 6.04. The van der Waals surface area contributed by atoms with E-state index in [0.29, 0.717) is 22.7 Å². The summed E-state index contributed by atoms with van der Waals surface area (Å²) < 4.78 is 0. The fourth-order valence-corrected chi connectivity index (χ4v) is 3.43. The minimum atomic E-state index is -0.0120. The summed E-state index contributed by atoms with van der Waals surface area (Å²) in [5.41, 5.74) is 1.53. The second-order valence-electron chi connectivity index (χ2n) is 5.95. The molecular weight excluding hydrogens is 284 g/mol. The van der Waals surface area contributed by atoms with E-state index in [2.05, 4.69) is 24.1 Å². The molecule has 1 aromatic rings. The van der Waals surface area contributed by atoms with Gasteiger partial charge in [-0.15, -0.1) is 0 Å².